The zero-order valence-electron chi connectivity index (χ0n) is 16.1. The number of nitrogens with zero attached hydrogens (tertiary/aromatic N) is 1. The van der Waals surface area contributed by atoms with E-state index in [-0.39, 0.29) is 6.54 Å². The Labute approximate surface area is 164 Å². The van der Waals surface area contributed by atoms with Crippen molar-refractivity contribution in [3.63, 3.8) is 0 Å². The lowest BCUT2D eigenvalue weighted by Gasteiger charge is -2.22. The highest BCUT2D eigenvalue weighted by Crippen LogP contribution is 2.16. The second kappa shape index (κ2) is 10.7. The van der Waals surface area contributed by atoms with Crippen molar-refractivity contribution in [1.82, 2.24) is 10.6 Å². The van der Waals surface area contributed by atoms with Gasteiger partial charge in [0, 0.05) is 18.8 Å². The minimum atomic E-state index is -0.551. The van der Waals surface area contributed by atoms with Crippen LogP contribution in [0.5, 0.6) is 0 Å². The summed E-state index contributed by atoms with van der Waals surface area (Å²) in [6.45, 7) is 4.78. The number of rotatable bonds is 8. The van der Waals surface area contributed by atoms with Crippen LogP contribution in [0.3, 0.4) is 0 Å². The number of carbonyl (C=O) groups is 3. The Hall–Kier alpha value is -3.35. The molecule has 0 saturated carbocycles. The van der Waals surface area contributed by atoms with Crippen LogP contribution in [0.2, 0.25) is 0 Å². The Balaban J connectivity index is 1.91. The zero-order valence-corrected chi connectivity index (χ0v) is 16.1. The highest BCUT2D eigenvalue weighted by atomic mass is 16.5. The van der Waals surface area contributed by atoms with Crippen molar-refractivity contribution in [3.8, 4) is 0 Å². The fraction of sp³-hybridized carbons (Fsp3) is 0.286. The molecule has 0 unspecified atom stereocenters. The zero-order chi connectivity index (χ0) is 20.4. The third-order valence-corrected chi connectivity index (χ3v) is 3.99. The SMILES string of the molecule is CCOC(=O)c1cccc(N(CC)CC(=O)NC(=O)NCc2ccccc2)c1. The van der Waals surface area contributed by atoms with Gasteiger partial charge in [0.15, 0.2) is 0 Å². The van der Waals surface area contributed by atoms with Gasteiger partial charge >= 0.3 is 12.0 Å². The molecule has 0 aliphatic rings. The van der Waals surface area contributed by atoms with E-state index in [2.05, 4.69) is 10.6 Å². The number of likely N-dealkylation sites (N-methyl/N-ethyl adjacent to an activating group) is 1. The van der Waals surface area contributed by atoms with E-state index in [9.17, 15) is 14.4 Å². The molecule has 28 heavy (non-hydrogen) atoms. The number of amides is 3. The normalized spacial score (nSPS) is 10.1. The molecule has 7 nitrogen and oxygen atoms in total. The fourth-order valence-electron chi connectivity index (χ4n) is 2.59. The quantitative estimate of drug-likeness (QED) is 0.685. The summed E-state index contributed by atoms with van der Waals surface area (Å²) in [5.74, 6) is -0.848. The topological polar surface area (TPSA) is 87.7 Å². The maximum atomic E-state index is 12.2. The number of nitrogens with one attached hydrogen (secondary N) is 2. The average molecular weight is 383 g/mol. The molecule has 0 aliphatic carbocycles. The molecule has 0 aliphatic heterocycles. The van der Waals surface area contributed by atoms with Gasteiger partial charge in [-0.25, -0.2) is 9.59 Å². The molecule has 3 amide bonds. The Morgan fingerprint density at radius 3 is 2.43 bits per heavy atom. The maximum Gasteiger partial charge on any atom is 0.338 e. The van der Waals surface area contributed by atoms with E-state index in [4.69, 9.17) is 4.74 Å². The second-order valence-corrected chi connectivity index (χ2v) is 6.00. The number of hydrogen-bond acceptors (Lipinski definition) is 5. The summed E-state index contributed by atoms with van der Waals surface area (Å²) >= 11 is 0. The van der Waals surface area contributed by atoms with Crippen molar-refractivity contribution in [3.05, 3.63) is 65.7 Å². The highest BCUT2D eigenvalue weighted by Gasteiger charge is 2.15. The first kappa shape index (κ1) is 21.0. The van der Waals surface area contributed by atoms with E-state index in [1.165, 1.54) is 0 Å². The molecule has 0 fully saturated rings. The van der Waals surface area contributed by atoms with Crippen LogP contribution in [-0.4, -0.2) is 37.6 Å². The van der Waals surface area contributed by atoms with Gasteiger partial charge in [0.25, 0.3) is 0 Å². The van der Waals surface area contributed by atoms with Crippen LogP contribution in [0.15, 0.2) is 54.6 Å². The molecule has 0 bridgehead atoms. The number of ether oxygens (including phenoxy) is 1. The molecule has 2 aromatic carbocycles. The van der Waals surface area contributed by atoms with Crippen molar-refractivity contribution in [2.45, 2.75) is 20.4 Å². The van der Waals surface area contributed by atoms with E-state index in [1.807, 2.05) is 37.3 Å². The van der Waals surface area contributed by atoms with Gasteiger partial charge in [-0.2, -0.15) is 0 Å². The monoisotopic (exact) mass is 383 g/mol. The van der Waals surface area contributed by atoms with Crippen molar-refractivity contribution < 1.29 is 19.1 Å². The van der Waals surface area contributed by atoms with Gasteiger partial charge < -0.3 is 15.0 Å². The molecule has 0 saturated heterocycles. The van der Waals surface area contributed by atoms with Gasteiger partial charge in [0.2, 0.25) is 5.91 Å². The first-order valence-electron chi connectivity index (χ1n) is 9.17. The maximum absolute atomic E-state index is 12.2. The number of anilines is 1. The lowest BCUT2D eigenvalue weighted by Crippen LogP contribution is -2.44. The molecule has 7 heteroatoms. The van der Waals surface area contributed by atoms with Crippen LogP contribution in [0.1, 0.15) is 29.8 Å². The number of imide groups is 1. The van der Waals surface area contributed by atoms with Crippen LogP contribution < -0.4 is 15.5 Å². The highest BCUT2D eigenvalue weighted by molar-refractivity contribution is 5.96. The van der Waals surface area contributed by atoms with E-state index in [1.54, 1.807) is 36.1 Å². The van der Waals surface area contributed by atoms with Gasteiger partial charge in [-0.3, -0.25) is 10.1 Å². The van der Waals surface area contributed by atoms with Crippen molar-refractivity contribution in [2.24, 2.45) is 0 Å². The third-order valence-electron chi connectivity index (χ3n) is 3.99. The Morgan fingerprint density at radius 1 is 1.00 bits per heavy atom. The first-order chi connectivity index (χ1) is 13.5. The van der Waals surface area contributed by atoms with Crippen molar-refractivity contribution in [2.75, 3.05) is 24.6 Å². The molecule has 2 N–H and O–H groups in total. The molecule has 0 radical (unpaired) electrons. The Kier molecular flexibility index (Phi) is 8.02. The number of benzene rings is 2. The van der Waals surface area contributed by atoms with E-state index in [0.29, 0.717) is 30.9 Å². The minimum Gasteiger partial charge on any atom is -0.462 e. The molecular formula is C21H25N3O4. The average Bonchev–Trinajstić information content (AvgIpc) is 2.71. The van der Waals surface area contributed by atoms with E-state index >= 15 is 0 Å². The second-order valence-electron chi connectivity index (χ2n) is 6.00. The number of esters is 1. The third kappa shape index (κ3) is 6.42. The first-order valence-corrected chi connectivity index (χ1v) is 9.17. The minimum absolute atomic E-state index is 0.0124. The molecule has 0 heterocycles. The van der Waals surface area contributed by atoms with Crippen molar-refractivity contribution in [1.29, 1.82) is 0 Å². The smallest absolute Gasteiger partial charge is 0.338 e. The van der Waals surface area contributed by atoms with Gasteiger partial charge in [0.05, 0.1) is 18.7 Å². The molecule has 148 valence electrons. The molecule has 2 aromatic rings. The Bertz CT molecular complexity index is 808. The molecule has 0 spiro atoms. The number of hydrogen-bond donors (Lipinski definition) is 2. The summed E-state index contributed by atoms with van der Waals surface area (Å²) in [5, 5.41) is 4.97. The summed E-state index contributed by atoms with van der Waals surface area (Å²) in [4.78, 5) is 37.8. The summed E-state index contributed by atoms with van der Waals surface area (Å²) < 4.78 is 5.00. The molecule has 0 aromatic heterocycles. The van der Waals surface area contributed by atoms with Gasteiger partial charge in [-0.15, -0.1) is 0 Å². The van der Waals surface area contributed by atoms with Gasteiger partial charge in [0.1, 0.15) is 0 Å². The summed E-state index contributed by atoms with van der Waals surface area (Å²) in [5.41, 5.74) is 2.06. The van der Waals surface area contributed by atoms with Gasteiger partial charge in [-0.1, -0.05) is 36.4 Å². The fourth-order valence-corrected chi connectivity index (χ4v) is 2.59. The number of carbonyl (C=O) groups excluding carboxylic acids is 3. The van der Waals surface area contributed by atoms with Crippen LogP contribution in [0, 0.1) is 0 Å². The van der Waals surface area contributed by atoms with Crippen molar-refractivity contribution >= 4 is 23.6 Å². The number of urea groups is 1. The lowest BCUT2D eigenvalue weighted by atomic mass is 10.2. The largest absolute Gasteiger partial charge is 0.462 e. The van der Waals surface area contributed by atoms with Gasteiger partial charge in [-0.05, 0) is 37.6 Å². The van der Waals surface area contributed by atoms with Crippen LogP contribution in [0.25, 0.3) is 0 Å². The predicted molar refractivity (Wildman–Crippen MR) is 107 cm³/mol. The molecular weight excluding hydrogens is 358 g/mol. The molecule has 2 rings (SSSR count). The summed E-state index contributed by atoms with van der Waals surface area (Å²) in [6, 6.07) is 15.7. The standard InChI is InChI=1S/C21H25N3O4/c1-3-24(18-12-8-11-17(13-18)20(26)28-4-2)15-19(25)23-21(27)22-14-16-9-6-5-7-10-16/h5-13H,3-4,14-15H2,1-2H3,(H2,22,23,25,27). The van der Waals surface area contributed by atoms with Crippen LogP contribution in [0.4, 0.5) is 10.5 Å². The van der Waals surface area contributed by atoms with E-state index in [0.717, 1.165) is 5.56 Å². The predicted octanol–water partition coefficient (Wildman–Crippen LogP) is 2.72. The lowest BCUT2D eigenvalue weighted by molar-refractivity contribution is -0.118. The molecule has 0 atom stereocenters. The summed E-state index contributed by atoms with van der Waals surface area (Å²) in [7, 11) is 0. The van der Waals surface area contributed by atoms with E-state index < -0.39 is 17.9 Å². The summed E-state index contributed by atoms with van der Waals surface area (Å²) in [6.07, 6.45) is 0. The Morgan fingerprint density at radius 2 is 1.75 bits per heavy atom. The van der Waals surface area contributed by atoms with Crippen LogP contribution >= 0.6 is 0 Å². The van der Waals surface area contributed by atoms with Crippen LogP contribution in [-0.2, 0) is 16.1 Å².